The second-order valence-electron chi connectivity index (χ2n) is 8.69. The quantitative estimate of drug-likeness (QED) is 0.546. The number of nitrogens with one attached hydrogen (secondary N) is 1. The Morgan fingerprint density at radius 2 is 1.68 bits per heavy atom. The van der Waals surface area contributed by atoms with Gasteiger partial charge in [-0.15, -0.1) is 31.4 Å². The van der Waals surface area contributed by atoms with Gasteiger partial charge in [0.1, 0.15) is 18.4 Å². The number of halogens is 6. The number of ether oxygens (including phenoxy) is 4. The monoisotopic (exact) mass is 502 g/mol. The van der Waals surface area contributed by atoms with Gasteiger partial charge in [0.15, 0.2) is 0 Å². The molecule has 2 aliphatic carbocycles. The standard InChI is InChI=1S/C19H24F6N4O5/c20-18(21,22)33-13-3-11(4-13)29-7-15(27-28-29)16-2-1-10(8-32-16)26-17(30)9-31-12-5-14(6-12)34-19(23,24)25/h7,10-14,16H,1-6,8-9H2,(H,26,30)/t10?,11?,12?,13?,14?,16-/m0/s1. The summed E-state index contributed by atoms with van der Waals surface area (Å²) in [4.78, 5) is 12.0. The second-order valence-corrected chi connectivity index (χ2v) is 8.69. The molecular formula is C19H24F6N4O5. The molecule has 1 aliphatic heterocycles. The maximum absolute atomic E-state index is 12.2. The van der Waals surface area contributed by atoms with Crippen molar-refractivity contribution in [1.82, 2.24) is 20.3 Å². The van der Waals surface area contributed by atoms with Crippen molar-refractivity contribution in [3.05, 3.63) is 11.9 Å². The SMILES string of the molecule is O=C(COC1CC(OC(F)(F)F)C1)NC1CC[C@@H](c2cn(C3CC(OC(F)(F)F)C3)nn2)OC1. The molecule has 3 aliphatic rings. The molecule has 2 atom stereocenters. The molecule has 34 heavy (non-hydrogen) atoms. The van der Waals surface area contributed by atoms with Crippen LogP contribution in [0.15, 0.2) is 6.20 Å². The van der Waals surface area contributed by atoms with Crippen LogP contribution in [0.4, 0.5) is 26.3 Å². The van der Waals surface area contributed by atoms with Crippen molar-refractivity contribution < 1.29 is 50.1 Å². The smallest absolute Gasteiger partial charge is 0.370 e. The van der Waals surface area contributed by atoms with Gasteiger partial charge < -0.3 is 14.8 Å². The predicted octanol–water partition coefficient (Wildman–Crippen LogP) is 2.94. The van der Waals surface area contributed by atoms with Gasteiger partial charge in [-0.25, -0.2) is 4.68 Å². The Balaban J connectivity index is 1.11. The van der Waals surface area contributed by atoms with Gasteiger partial charge >= 0.3 is 12.7 Å². The van der Waals surface area contributed by atoms with E-state index in [2.05, 4.69) is 25.1 Å². The first-order valence-electron chi connectivity index (χ1n) is 10.9. The molecule has 1 saturated heterocycles. The summed E-state index contributed by atoms with van der Waals surface area (Å²) in [7, 11) is 0. The van der Waals surface area contributed by atoms with E-state index in [1.807, 2.05) is 0 Å². The van der Waals surface area contributed by atoms with Gasteiger partial charge in [-0.05, 0) is 25.7 Å². The Hall–Kier alpha value is -1.97. The lowest BCUT2D eigenvalue weighted by Gasteiger charge is -2.35. The molecule has 1 N–H and O–H groups in total. The summed E-state index contributed by atoms with van der Waals surface area (Å²) in [6, 6.07) is -0.466. The summed E-state index contributed by atoms with van der Waals surface area (Å²) in [5.41, 5.74) is 0.564. The second kappa shape index (κ2) is 9.95. The lowest BCUT2D eigenvalue weighted by molar-refractivity contribution is -0.357. The van der Waals surface area contributed by atoms with Crippen LogP contribution in [0.3, 0.4) is 0 Å². The number of amides is 1. The molecule has 3 fully saturated rings. The van der Waals surface area contributed by atoms with E-state index in [9.17, 15) is 31.1 Å². The molecule has 0 radical (unpaired) electrons. The Bertz CT molecular complexity index is 830. The van der Waals surface area contributed by atoms with Gasteiger partial charge in [-0.3, -0.25) is 14.3 Å². The van der Waals surface area contributed by atoms with Crippen LogP contribution in [0.25, 0.3) is 0 Å². The molecule has 15 heteroatoms. The molecule has 1 aromatic heterocycles. The molecule has 192 valence electrons. The largest absolute Gasteiger partial charge is 0.522 e. The number of alkyl halides is 6. The van der Waals surface area contributed by atoms with Crippen LogP contribution in [-0.4, -0.2) is 71.2 Å². The highest BCUT2D eigenvalue weighted by atomic mass is 19.4. The number of aromatic nitrogens is 3. The van der Waals surface area contributed by atoms with Crippen molar-refractivity contribution in [1.29, 1.82) is 0 Å². The van der Waals surface area contributed by atoms with E-state index in [4.69, 9.17) is 9.47 Å². The normalized spacial score (nSPS) is 32.1. The van der Waals surface area contributed by atoms with Crippen molar-refractivity contribution in [3.8, 4) is 0 Å². The fourth-order valence-electron chi connectivity index (χ4n) is 4.16. The minimum absolute atomic E-state index is 0.0819. The van der Waals surface area contributed by atoms with E-state index in [-0.39, 0.29) is 57.1 Å². The summed E-state index contributed by atoms with van der Waals surface area (Å²) in [6.07, 6.45) is -8.58. The third kappa shape index (κ3) is 7.02. The molecule has 0 aromatic carbocycles. The van der Waals surface area contributed by atoms with Crippen LogP contribution in [0.5, 0.6) is 0 Å². The fourth-order valence-corrected chi connectivity index (χ4v) is 4.16. The van der Waals surface area contributed by atoms with Gasteiger partial charge in [-0.2, -0.15) is 0 Å². The average Bonchev–Trinajstić information content (AvgIpc) is 3.14. The lowest BCUT2D eigenvalue weighted by Crippen LogP contribution is -2.45. The third-order valence-electron chi connectivity index (χ3n) is 6.05. The number of carbonyl (C=O) groups is 1. The molecule has 4 rings (SSSR count). The van der Waals surface area contributed by atoms with Crippen molar-refractivity contribution in [2.75, 3.05) is 13.2 Å². The third-order valence-corrected chi connectivity index (χ3v) is 6.05. The summed E-state index contributed by atoms with van der Waals surface area (Å²) >= 11 is 0. The summed E-state index contributed by atoms with van der Waals surface area (Å²) in [5.74, 6) is -0.390. The average molecular weight is 502 g/mol. The fraction of sp³-hybridized carbons (Fsp3) is 0.842. The minimum atomic E-state index is -4.67. The van der Waals surface area contributed by atoms with E-state index in [0.29, 0.717) is 18.5 Å². The Morgan fingerprint density at radius 1 is 1.03 bits per heavy atom. The molecule has 0 bridgehead atoms. The van der Waals surface area contributed by atoms with Crippen LogP contribution < -0.4 is 5.32 Å². The maximum Gasteiger partial charge on any atom is 0.522 e. The first-order chi connectivity index (χ1) is 15.9. The van der Waals surface area contributed by atoms with Crippen molar-refractivity contribution in [2.24, 2.45) is 0 Å². The molecule has 0 spiro atoms. The van der Waals surface area contributed by atoms with Crippen LogP contribution in [-0.2, 0) is 23.7 Å². The predicted molar refractivity (Wildman–Crippen MR) is 99.0 cm³/mol. The molecule has 1 aromatic rings. The van der Waals surface area contributed by atoms with Gasteiger partial charge in [0.25, 0.3) is 0 Å². The number of rotatable bonds is 8. The Morgan fingerprint density at radius 3 is 2.26 bits per heavy atom. The minimum Gasteiger partial charge on any atom is -0.370 e. The van der Waals surface area contributed by atoms with E-state index in [1.54, 1.807) is 6.20 Å². The molecular weight excluding hydrogens is 478 g/mol. The zero-order valence-corrected chi connectivity index (χ0v) is 17.8. The van der Waals surface area contributed by atoms with Crippen molar-refractivity contribution in [3.63, 3.8) is 0 Å². The number of carbonyl (C=O) groups excluding carboxylic acids is 1. The van der Waals surface area contributed by atoms with Gasteiger partial charge in [0, 0.05) is 12.8 Å². The molecule has 1 unspecified atom stereocenters. The molecule has 2 saturated carbocycles. The number of hydrogen-bond donors (Lipinski definition) is 1. The van der Waals surface area contributed by atoms with Crippen LogP contribution in [0.1, 0.15) is 56.4 Å². The lowest BCUT2D eigenvalue weighted by atomic mass is 9.89. The van der Waals surface area contributed by atoms with Crippen molar-refractivity contribution >= 4 is 5.91 Å². The summed E-state index contributed by atoms with van der Waals surface area (Å²) in [5, 5.41) is 10.8. The van der Waals surface area contributed by atoms with E-state index in [1.165, 1.54) is 4.68 Å². The molecule has 1 amide bonds. The van der Waals surface area contributed by atoms with Crippen LogP contribution in [0.2, 0.25) is 0 Å². The van der Waals surface area contributed by atoms with Gasteiger partial charge in [0.05, 0.1) is 43.2 Å². The van der Waals surface area contributed by atoms with Crippen LogP contribution in [0, 0.1) is 0 Å². The highest BCUT2D eigenvalue weighted by Gasteiger charge is 2.42. The zero-order valence-electron chi connectivity index (χ0n) is 17.8. The molecule has 9 nitrogen and oxygen atoms in total. The number of nitrogens with zero attached hydrogens (tertiary/aromatic N) is 3. The number of hydrogen-bond acceptors (Lipinski definition) is 7. The van der Waals surface area contributed by atoms with E-state index < -0.39 is 36.9 Å². The van der Waals surface area contributed by atoms with E-state index >= 15 is 0 Å². The first kappa shape index (κ1) is 25.1. The van der Waals surface area contributed by atoms with Gasteiger partial charge in [-0.1, -0.05) is 5.21 Å². The van der Waals surface area contributed by atoms with E-state index in [0.717, 1.165) is 0 Å². The Kier molecular flexibility index (Phi) is 7.36. The van der Waals surface area contributed by atoms with Crippen molar-refractivity contribution in [2.45, 2.75) is 87.7 Å². The van der Waals surface area contributed by atoms with Crippen LogP contribution >= 0.6 is 0 Å². The van der Waals surface area contributed by atoms with Gasteiger partial charge in [0.2, 0.25) is 5.91 Å². The first-order valence-corrected chi connectivity index (χ1v) is 10.9. The summed E-state index contributed by atoms with van der Waals surface area (Å²) in [6.45, 7) is -0.0444. The molecule has 2 heterocycles. The zero-order chi connectivity index (χ0) is 24.5. The Labute approximate surface area is 190 Å². The summed E-state index contributed by atoms with van der Waals surface area (Å²) < 4.78 is 93.4. The highest BCUT2D eigenvalue weighted by molar-refractivity contribution is 5.77. The topological polar surface area (TPSA) is 96.7 Å². The highest BCUT2D eigenvalue weighted by Crippen LogP contribution is 2.38. The maximum atomic E-state index is 12.2.